The van der Waals surface area contributed by atoms with Crippen molar-refractivity contribution >= 4 is 0 Å². The van der Waals surface area contributed by atoms with Crippen molar-refractivity contribution in [2.24, 2.45) is 5.92 Å². The van der Waals surface area contributed by atoms with Gasteiger partial charge in [0, 0.05) is 6.42 Å². The van der Waals surface area contributed by atoms with Gasteiger partial charge < -0.3 is 4.74 Å². The van der Waals surface area contributed by atoms with Crippen LogP contribution in [0.3, 0.4) is 0 Å². The third-order valence-corrected chi connectivity index (χ3v) is 4.57. The summed E-state index contributed by atoms with van der Waals surface area (Å²) in [6.45, 7) is 2.56. The Morgan fingerprint density at radius 3 is 1.50 bits per heavy atom. The molecule has 0 aliphatic heterocycles. The van der Waals surface area contributed by atoms with Crippen molar-refractivity contribution in [1.29, 1.82) is 5.26 Å². The molecule has 26 heavy (non-hydrogen) atoms. The molecule has 0 saturated carbocycles. The topological polar surface area (TPSA) is 33.0 Å². The molecule has 0 aliphatic carbocycles. The highest BCUT2D eigenvalue weighted by Gasteiger charge is 2.37. The van der Waals surface area contributed by atoms with Crippen molar-refractivity contribution in [3.05, 3.63) is 108 Å². The molecule has 0 amide bonds. The molecule has 0 N–H and O–H groups in total. The predicted octanol–water partition coefficient (Wildman–Crippen LogP) is 5.54. The average molecular weight is 341 g/mol. The summed E-state index contributed by atoms with van der Waals surface area (Å²) in [7, 11) is 0. The first-order chi connectivity index (χ1) is 12.8. The second kappa shape index (κ2) is 8.47. The van der Waals surface area contributed by atoms with Crippen LogP contribution in [0.25, 0.3) is 0 Å². The van der Waals surface area contributed by atoms with Crippen molar-refractivity contribution in [3.63, 3.8) is 0 Å². The van der Waals surface area contributed by atoms with E-state index in [0.717, 1.165) is 16.7 Å². The lowest BCUT2D eigenvalue weighted by atomic mass is 9.80. The zero-order valence-corrected chi connectivity index (χ0v) is 15.0. The Morgan fingerprint density at radius 2 is 1.15 bits per heavy atom. The van der Waals surface area contributed by atoms with Crippen molar-refractivity contribution in [3.8, 4) is 6.07 Å². The maximum atomic E-state index is 9.01. The molecule has 0 aromatic heterocycles. The number of ether oxygens (including phenoxy) is 1. The van der Waals surface area contributed by atoms with Crippen LogP contribution >= 0.6 is 0 Å². The van der Waals surface area contributed by atoms with Gasteiger partial charge in [0.1, 0.15) is 5.60 Å². The Balaban J connectivity index is 2.16. The molecule has 0 bridgehead atoms. The van der Waals surface area contributed by atoms with Gasteiger partial charge >= 0.3 is 0 Å². The second-order valence-corrected chi connectivity index (χ2v) is 6.56. The van der Waals surface area contributed by atoms with Gasteiger partial charge in [0.25, 0.3) is 0 Å². The molecule has 130 valence electrons. The maximum absolute atomic E-state index is 9.01. The Kier molecular flexibility index (Phi) is 5.84. The lowest BCUT2D eigenvalue weighted by Gasteiger charge is -2.36. The minimum Gasteiger partial charge on any atom is -0.361 e. The first-order valence-corrected chi connectivity index (χ1v) is 8.95. The number of nitriles is 1. The van der Waals surface area contributed by atoms with Crippen molar-refractivity contribution < 1.29 is 4.74 Å². The van der Waals surface area contributed by atoms with Crippen molar-refractivity contribution in [2.45, 2.75) is 18.9 Å². The Labute approximate surface area is 155 Å². The first-order valence-electron chi connectivity index (χ1n) is 8.95. The van der Waals surface area contributed by atoms with Crippen LogP contribution in [-0.4, -0.2) is 6.61 Å². The van der Waals surface area contributed by atoms with Crippen LogP contribution in [0.1, 0.15) is 30.0 Å². The van der Waals surface area contributed by atoms with Gasteiger partial charge in [-0.1, -0.05) is 97.9 Å². The molecular formula is C24H23NO. The molecule has 3 aromatic carbocycles. The molecule has 0 radical (unpaired) electrons. The minimum atomic E-state index is -0.701. The number of benzene rings is 3. The summed E-state index contributed by atoms with van der Waals surface area (Å²) < 4.78 is 6.65. The first kappa shape index (κ1) is 17.9. The average Bonchev–Trinajstić information content (AvgIpc) is 2.71. The zero-order chi connectivity index (χ0) is 18.2. The van der Waals surface area contributed by atoms with Crippen molar-refractivity contribution in [1.82, 2.24) is 0 Å². The van der Waals surface area contributed by atoms with Crippen LogP contribution in [0, 0.1) is 17.2 Å². The van der Waals surface area contributed by atoms with E-state index in [-0.39, 0.29) is 5.92 Å². The van der Waals surface area contributed by atoms with E-state index in [9.17, 15) is 0 Å². The smallest absolute Gasteiger partial charge is 0.143 e. The van der Waals surface area contributed by atoms with E-state index in [2.05, 4.69) is 49.4 Å². The quantitative estimate of drug-likeness (QED) is 0.528. The normalized spacial score (nSPS) is 12.3. The molecule has 0 saturated heterocycles. The molecule has 3 aromatic rings. The SMILES string of the molecule is CC(CC#N)COC(c1ccccc1)(c1ccccc1)c1ccccc1. The molecule has 2 heteroatoms. The fourth-order valence-corrected chi connectivity index (χ4v) is 3.25. The number of hydrogen-bond donors (Lipinski definition) is 0. The molecule has 0 aliphatic rings. The van der Waals surface area contributed by atoms with Crippen LogP contribution in [0.5, 0.6) is 0 Å². The summed E-state index contributed by atoms with van der Waals surface area (Å²) in [5, 5.41) is 9.01. The summed E-state index contributed by atoms with van der Waals surface area (Å²) in [6, 6.07) is 33.2. The van der Waals surface area contributed by atoms with Gasteiger partial charge in [-0.15, -0.1) is 0 Å². The number of rotatable bonds is 7. The lowest BCUT2D eigenvalue weighted by Crippen LogP contribution is -2.34. The Morgan fingerprint density at radius 1 is 0.769 bits per heavy atom. The van der Waals surface area contributed by atoms with E-state index in [0.29, 0.717) is 13.0 Å². The van der Waals surface area contributed by atoms with Gasteiger partial charge in [-0.3, -0.25) is 0 Å². The third kappa shape index (κ3) is 3.69. The van der Waals surface area contributed by atoms with Crippen LogP contribution in [0.15, 0.2) is 91.0 Å². The highest BCUT2D eigenvalue weighted by molar-refractivity contribution is 5.47. The highest BCUT2D eigenvalue weighted by atomic mass is 16.5. The summed E-state index contributed by atoms with van der Waals surface area (Å²) in [5.41, 5.74) is 2.55. The van der Waals surface area contributed by atoms with Crippen molar-refractivity contribution in [2.75, 3.05) is 6.61 Å². The summed E-state index contributed by atoms with van der Waals surface area (Å²) >= 11 is 0. The molecule has 0 heterocycles. The van der Waals surface area contributed by atoms with E-state index in [4.69, 9.17) is 10.00 Å². The van der Waals surface area contributed by atoms with Gasteiger partial charge in [-0.2, -0.15) is 5.26 Å². The molecular weight excluding hydrogens is 318 g/mol. The maximum Gasteiger partial charge on any atom is 0.143 e. The molecule has 1 unspecified atom stereocenters. The van der Waals surface area contributed by atoms with Crippen LogP contribution in [-0.2, 0) is 10.3 Å². The fraction of sp³-hybridized carbons (Fsp3) is 0.208. The van der Waals surface area contributed by atoms with E-state index in [1.54, 1.807) is 0 Å². The third-order valence-electron chi connectivity index (χ3n) is 4.57. The van der Waals surface area contributed by atoms with E-state index < -0.39 is 5.60 Å². The Hall–Kier alpha value is -2.89. The molecule has 1 atom stereocenters. The van der Waals surface area contributed by atoms with Crippen LogP contribution in [0.2, 0.25) is 0 Å². The van der Waals surface area contributed by atoms with Crippen LogP contribution in [0.4, 0.5) is 0 Å². The van der Waals surface area contributed by atoms with Crippen LogP contribution < -0.4 is 0 Å². The molecule has 2 nitrogen and oxygen atoms in total. The monoisotopic (exact) mass is 341 g/mol. The minimum absolute atomic E-state index is 0.163. The largest absolute Gasteiger partial charge is 0.361 e. The van der Waals surface area contributed by atoms with Gasteiger partial charge in [0.05, 0.1) is 12.7 Å². The fourth-order valence-electron chi connectivity index (χ4n) is 3.25. The molecule has 3 rings (SSSR count). The van der Waals surface area contributed by atoms with Gasteiger partial charge in [0.2, 0.25) is 0 Å². The predicted molar refractivity (Wildman–Crippen MR) is 105 cm³/mol. The number of hydrogen-bond acceptors (Lipinski definition) is 2. The standard InChI is InChI=1S/C24H23NO/c1-20(17-18-25)19-26-24(21-11-5-2-6-12-21,22-13-7-3-8-14-22)23-15-9-4-10-16-23/h2-16,20H,17,19H2,1H3. The second-order valence-electron chi connectivity index (χ2n) is 6.56. The molecule has 0 spiro atoms. The van der Waals surface area contributed by atoms with E-state index in [1.165, 1.54) is 0 Å². The Bertz CT molecular complexity index is 741. The molecule has 0 fully saturated rings. The van der Waals surface area contributed by atoms with Gasteiger partial charge in [0.15, 0.2) is 0 Å². The zero-order valence-electron chi connectivity index (χ0n) is 15.0. The van der Waals surface area contributed by atoms with Gasteiger partial charge in [-0.05, 0) is 22.6 Å². The highest BCUT2D eigenvalue weighted by Crippen LogP contribution is 2.40. The summed E-state index contributed by atoms with van der Waals surface area (Å²) in [4.78, 5) is 0. The van der Waals surface area contributed by atoms with Gasteiger partial charge in [-0.25, -0.2) is 0 Å². The number of nitrogens with zero attached hydrogens (tertiary/aromatic N) is 1. The summed E-state index contributed by atoms with van der Waals surface area (Å²) in [6.07, 6.45) is 0.481. The van der Waals surface area contributed by atoms with E-state index >= 15 is 0 Å². The summed E-state index contributed by atoms with van der Waals surface area (Å²) in [5.74, 6) is 0.163. The lowest BCUT2D eigenvalue weighted by molar-refractivity contribution is -0.00449. The van der Waals surface area contributed by atoms with E-state index in [1.807, 2.05) is 54.6 Å².